The van der Waals surface area contributed by atoms with E-state index in [9.17, 15) is 4.79 Å². The van der Waals surface area contributed by atoms with Crippen LogP contribution in [-0.4, -0.2) is 36.5 Å². The fourth-order valence-electron chi connectivity index (χ4n) is 2.04. The summed E-state index contributed by atoms with van der Waals surface area (Å²) < 4.78 is 11.3. The number of ether oxygens (including phenoxy) is 2. The molecule has 1 fully saturated rings. The molecule has 1 rings (SSSR count). The molecule has 4 nitrogen and oxygen atoms in total. The van der Waals surface area contributed by atoms with Gasteiger partial charge in [-0.05, 0) is 20.3 Å². The number of rotatable bonds is 6. The first-order chi connectivity index (χ1) is 7.20. The van der Waals surface area contributed by atoms with E-state index in [4.69, 9.17) is 9.47 Å². The molecular formula is C11H21NO3. The monoisotopic (exact) mass is 215 g/mol. The molecule has 0 N–H and O–H groups in total. The standard InChI is InChI=1S/C11H21NO3/c1-4-9-12-10(13)7-8-11(12,14-5-2)15-6-3/h4-9H2,1-3H3. The highest BCUT2D eigenvalue weighted by Gasteiger charge is 2.46. The van der Waals surface area contributed by atoms with Crippen LogP contribution in [0.1, 0.15) is 40.0 Å². The van der Waals surface area contributed by atoms with Crippen molar-refractivity contribution in [1.82, 2.24) is 4.90 Å². The Morgan fingerprint density at radius 3 is 2.33 bits per heavy atom. The second-order valence-electron chi connectivity index (χ2n) is 3.62. The summed E-state index contributed by atoms with van der Waals surface area (Å²) in [6.45, 7) is 7.73. The molecular weight excluding hydrogens is 194 g/mol. The number of hydrogen-bond donors (Lipinski definition) is 0. The summed E-state index contributed by atoms with van der Waals surface area (Å²) >= 11 is 0. The molecule has 0 atom stereocenters. The van der Waals surface area contributed by atoms with E-state index >= 15 is 0 Å². The minimum Gasteiger partial charge on any atom is -0.333 e. The van der Waals surface area contributed by atoms with Gasteiger partial charge >= 0.3 is 0 Å². The smallest absolute Gasteiger partial charge is 0.254 e. The molecule has 0 aromatic carbocycles. The molecule has 0 aromatic heterocycles. The van der Waals surface area contributed by atoms with Crippen LogP contribution >= 0.6 is 0 Å². The number of likely N-dealkylation sites (tertiary alicyclic amines) is 1. The van der Waals surface area contributed by atoms with Crippen LogP contribution in [0.3, 0.4) is 0 Å². The molecule has 88 valence electrons. The summed E-state index contributed by atoms with van der Waals surface area (Å²) in [6, 6.07) is 0. The Morgan fingerprint density at radius 1 is 1.27 bits per heavy atom. The topological polar surface area (TPSA) is 38.8 Å². The highest BCUT2D eigenvalue weighted by molar-refractivity contribution is 5.79. The van der Waals surface area contributed by atoms with E-state index in [2.05, 4.69) is 0 Å². The van der Waals surface area contributed by atoms with Gasteiger partial charge in [-0.2, -0.15) is 0 Å². The van der Waals surface area contributed by atoms with Gasteiger partial charge in [-0.15, -0.1) is 0 Å². The predicted octanol–water partition coefficient (Wildman–Crippen LogP) is 1.75. The van der Waals surface area contributed by atoms with E-state index < -0.39 is 5.91 Å². The largest absolute Gasteiger partial charge is 0.333 e. The Morgan fingerprint density at radius 2 is 1.87 bits per heavy atom. The van der Waals surface area contributed by atoms with Crippen molar-refractivity contribution in [1.29, 1.82) is 0 Å². The second-order valence-corrected chi connectivity index (χ2v) is 3.62. The third-order valence-corrected chi connectivity index (χ3v) is 2.55. The number of hydrogen-bond acceptors (Lipinski definition) is 3. The Labute approximate surface area is 91.5 Å². The molecule has 15 heavy (non-hydrogen) atoms. The van der Waals surface area contributed by atoms with E-state index in [0.717, 1.165) is 6.42 Å². The van der Waals surface area contributed by atoms with Gasteiger partial charge in [-0.3, -0.25) is 9.69 Å². The van der Waals surface area contributed by atoms with Crippen molar-refractivity contribution in [2.24, 2.45) is 0 Å². The van der Waals surface area contributed by atoms with Crippen molar-refractivity contribution in [2.45, 2.75) is 45.9 Å². The summed E-state index contributed by atoms with van der Waals surface area (Å²) in [6.07, 6.45) is 2.10. The summed E-state index contributed by atoms with van der Waals surface area (Å²) in [5.41, 5.74) is 0. The lowest BCUT2D eigenvalue weighted by molar-refractivity contribution is -0.295. The predicted molar refractivity (Wildman–Crippen MR) is 57.2 cm³/mol. The SMILES string of the molecule is CCCN1C(=O)CCC1(OCC)OCC. The van der Waals surface area contributed by atoms with Gasteiger partial charge in [0.25, 0.3) is 5.91 Å². The van der Waals surface area contributed by atoms with Gasteiger partial charge in [-0.25, -0.2) is 0 Å². The number of carbonyl (C=O) groups is 1. The minimum atomic E-state index is -0.781. The van der Waals surface area contributed by atoms with Gasteiger partial charge in [0.05, 0.1) is 0 Å². The van der Waals surface area contributed by atoms with Crippen molar-refractivity contribution in [3.05, 3.63) is 0 Å². The quantitative estimate of drug-likeness (QED) is 0.633. The van der Waals surface area contributed by atoms with Crippen LogP contribution in [0, 0.1) is 0 Å². The maximum absolute atomic E-state index is 11.7. The number of carbonyl (C=O) groups excluding carboxylic acids is 1. The van der Waals surface area contributed by atoms with Crippen LogP contribution in [0.15, 0.2) is 0 Å². The Balaban J connectivity index is 2.78. The minimum absolute atomic E-state index is 0.138. The highest BCUT2D eigenvalue weighted by atomic mass is 16.7. The Bertz CT molecular complexity index is 212. The summed E-state index contributed by atoms with van der Waals surface area (Å²) in [5.74, 6) is -0.643. The molecule has 0 spiro atoms. The molecule has 0 aliphatic carbocycles. The maximum Gasteiger partial charge on any atom is 0.254 e. The van der Waals surface area contributed by atoms with Crippen molar-refractivity contribution in [3.63, 3.8) is 0 Å². The molecule has 1 saturated heterocycles. The Kier molecular flexibility index (Phi) is 4.54. The van der Waals surface area contributed by atoms with Gasteiger partial charge < -0.3 is 9.47 Å². The molecule has 0 aromatic rings. The van der Waals surface area contributed by atoms with Crippen molar-refractivity contribution in [3.8, 4) is 0 Å². The first-order valence-electron chi connectivity index (χ1n) is 5.78. The molecule has 1 amide bonds. The zero-order chi connectivity index (χ0) is 11.3. The van der Waals surface area contributed by atoms with E-state index in [1.165, 1.54) is 0 Å². The average molecular weight is 215 g/mol. The maximum atomic E-state index is 11.7. The van der Waals surface area contributed by atoms with Gasteiger partial charge in [0, 0.05) is 32.6 Å². The summed E-state index contributed by atoms with van der Waals surface area (Å²) in [7, 11) is 0. The molecule has 4 heteroatoms. The van der Waals surface area contributed by atoms with Gasteiger partial charge in [0.15, 0.2) is 0 Å². The molecule has 1 aliphatic heterocycles. The van der Waals surface area contributed by atoms with Crippen molar-refractivity contribution >= 4 is 5.91 Å². The van der Waals surface area contributed by atoms with Gasteiger partial charge in [-0.1, -0.05) is 6.92 Å². The lowest BCUT2D eigenvalue weighted by atomic mass is 10.3. The average Bonchev–Trinajstić information content (AvgIpc) is 2.49. The van der Waals surface area contributed by atoms with E-state index in [-0.39, 0.29) is 5.91 Å². The number of nitrogens with zero attached hydrogens (tertiary/aromatic N) is 1. The first kappa shape index (κ1) is 12.5. The zero-order valence-electron chi connectivity index (χ0n) is 9.91. The van der Waals surface area contributed by atoms with E-state index in [1.54, 1.807) is 4.90 Å². The molecule has 1 heterocycles. The zero-order valence-corrected chi connectivity index (χ0v) is 9.91. The van der Waals surface area contributed by atoms with Gasteiger partial charge in [0.1, 0.15) is 0 Å². The molecule has 0 unspecified atom stereocenters. The third kappa shape index (κ3) is 2.49. The van der Waals surface area contributed by atoms with Crippen LogP contribution in [0.2, 0.25) is 0 Å². The molecule has 0 radical (unpaired) electrons. The molecule has 1 aliphatic rings. The van der Waals surface area contributed by atoms with Crippen LogP contribution in [0.25, 0.3) is 0 Å². The van der Waals surface area contributed by atoms with Crippen LogP contribution < -0.4 is 0 Å². The lowest BCUT2D eigenvalue weighted by Gasteiger charge is -2.37. The van der Waals surface area contributed by atoms with Crippen molar-refractivity contribution < 1.29 is 14.3 Å². The van der Waals surface area contributed by atoms with E-state index in [1.807, 2.05) is 20.8 Å². The normalized spacial score (nSPS) is 19.9. The van der Waals surface area contributed by atoms with Crippen LogP contribution in [-0.2, 0) is 14.3 Å². The number of amides is 1. The van der Waals surface area contributed by atoms with Crippen LogP contribution in [0.4, 0.5) is 0 Å². The fourth-order valence-corrected chi connectivity index (χ4v) is 2.04. The second kappa shape index (κ2) is 5.47. The summed E-state index contributed by atoms with van der Waals surface area (Å²) in [4.78, 5) is 13.4. The molecule has 0 bridgehead atoms. The molecule has 0 saturated carbocycles. The lowest BCUT2D eigenvalue weighted by Crippen LogP contribution is -2.50. The highest BCUT2D eigenvalue weighted by Crippen LogP contribution is 2.32. The first-order valence-corrected chi connectivity index (χ1v) is 5.78. The summed E-state index contributed by atoms with van der Waals surface area (Å²) in [5, 5.41) is 0. The fraction of sp³-hybridized carbons (Fsp3) is 0.909. The van der Waals surface area contributed by atoms with Crippen LogP contribution in [0.5, 0.6) is 0 Å². The Hall–Kier alpha value is -0.610. The van der Waals surface area contributed by atoms with E-state index in [0.29, 0.717) is 32.6 Å². The van der Waals surface area contributed by atoms with Crippen molar-refractivity contribution in [2.75, 3.05) is 19.8 Å². The third-order valence-electron chi connectivity index (χ3n) is 2.55. The van der Waals surface area contributed by atoms with Gasteiger partial charge in [0.2, 0.25) is 5.91 Å².